The van der Waals surface area contributed by atoms with Crippen molar-refractivity contribution < 1.29 is 14.6 Å². The molecule has 2 heterocycles. The van der Waals surface area contributed by atoms with Crippen LogP contribution >= 0.6 is 0 Å². The third-order valence-corrected chi connectivity index (χ3v) is 2.70. The van der Waals surface area contributed by atoms with Gasteiger partial charge in [-0.3, -0.25) is 0 Å². The molecule has 1 aromatic rings. The molecule has 0 spiro atoms. The van der Waals surface area contributed by atoms with Crippen LogP contribution in [0, 0.1) is 0 Å². The summed E-state index contributed by atoms with van der Waals surface area (Å²) in [5.74, 6) is -0.511. The minimum Gasteiger partial charge on any atom is -0.477 e. The molecule has 0 unspecified atom stereocenters. The molecule has 1 aliphatic heterocycles. The number of hydrogen-bond donors (Lipinski definition) is 1. The van der Waals surface area contributed by atoms with Crippen molar-refractivity contribution in [3.8, 4) is 0 Å². The third kappa shape index (κ3) is 2.33. The number of aromatic carboxylic acids is 1. The Bertz CT molecular complexity index is 341. The highest BCUT2D eigenvalue weighted by Gasteiger charge is 2.16. The lowest BCUT2D eigenvalue weighted by Crippen LogP contribution is -2.14. The molecule has 1 aromatic heterocycles. The molecule has 0 atom stereocenters. The Morgan fingerprint density at radius 2 is 2.13 bits per heavy atom. The molecule has 0 aliphatic carbocycles. The molecule has 4 heteroatoms. The Kier molecular flexibility index (Phi) is 2.97. The van der Waals surface area contributed by atoms with Crippen LogP contribution in [-0.4, -0.2) is 29.3 Å². The van der Waals surface area contributed by atoms with Crippen LogP contribution in [0.15, 0.2) is 18.3 Å². The standard InChI is InChI=1S/C11H13NO3/c13-11(14)10-2-1-9(7-12-10)8-3-5-15-6-4-8/h1-2,7-8H,3-6H2,(H,13,14). The van der Waals surface area contributed by atoms with Crippen molar-refractivity contribution in [1.82, 2.24) is 4.98 Å². The molecule has 4 nitrogen and oxygen atoms in total. The fraction of sp³-hybridized carbons (Fsp3) is 0.455. The van der Waals surface area contributed by atoms with E-state index >= 15 is 0 Å². The van der Waals surface area contributed by atoms with E-state index < -0.39 is 5.97 Å². The summed E-state index contributed by atoms with van der Waals surface area (Å²) < 4.78 is 5.27. The number of hydrogen-bond acceptors (Lipinski definition) is 3. The van der Waals surface area contributed by atoms with Crippen LogP contribution in [0.25, 0.3) is 0 Å². The summed E-state index contributed by atoms with van der Waals surface area (Å²) >= 11 is 0. The van der Waals surface area contributed by atoms with Gasteiger partial charge in [-0.1, -0.05) is 6.07 Å². The van der Waals surface area contributed by atoms with E-state index in [-0.39, 0.29) is 5.69 Å². The van der Waals surface area contributed by atoms with E-state index in [1.165, 1.54) is 0 Å². The molecule has 1 N–H and O–H groups in total. The second kappa shape index (κ2) is 4.40. The highest BCUT2D eigenvalue weighted by molar-refractivity contribution is 5.85. The summed E-state index contributed by atoms with van der Waals surface area (Å²) in [6.45, 7) is 1.57. The number of rotatable bonds is 2. The number of carboxylic acid groups (broad SMARTS) is 1. The molecule has 0 aromatic carbocycles. The molecule has 80 valence electrons. The molecular weight excluding hydrogens is 194 g/mol. The molecule has 1 fully saturated rings. The first-order valence-corrected chi connectivity index (χ1v) is 5.04. The van der Waals surface area contributed by atoms with Gasteiger partial charge < -0.3 is 9.84 Å². The van der Waals surface area contributed by atoms with E-state index in [0.29, 0.717) is 5.92 Å². The highest BCUT2D eigenvalue weighted by atomic mass is 16.5. The molecule has 0 saturated carbocycles. The van der Waals surface area contributed by atoms with Crippen molar-refractivity contribution >= 4 is 5.97 Å². The van der Waals surface area contributed by atoms with Gasteiger partial charge in [0.15, 0.2) is 0 Å². The minimum atomic E-state index is -0.978. The Hall–Kier alpha value is -1.42. The summed E-state index contributed by atoms with van der Waals surface area (Å²) in [5, 5.41) is 8.70. The molecule has 0 amide bonds. The highest BCUT2D eigenvalue weighted by Crippen LogP contribution is 2.26. The average Bonchev–Trinajstić information content (AvgIpc) is 2.30. The van der Waals surface area contributed by atoms with Gasteiger partial charge in [0.25, 0.3) is 0 Å². The molecular formula is C11H13NO3. The van der Waals surface area contributed by atoms with Crippen LogP contribution in [0.4, 0.5) is 0 Å². The lowest BCUT2D eigenvalue weighted by molar-refractivity contribution is 0.0690. The number of nitrogens with zero attached hydrogens (tertiary/aromatic N) is 1. The lowest BCUT2D eigenvalue weighted by atomic mass is 9.93. The average molecular weight is 207 g/mol. The predicted octanol–water partition coefficient (Wildman–Crippen LogP) is 1.67. The van der Waals surface area contributed by atoms with Crippen LogP contribution in [0.2, 0.25) is 0 Å². The van der Waals surface area contributed by atoms with Gasteiger partial charge in [-0.25, -0.2) is 9.78 Å². The van der Waals surface area contributed by atoms with Crippen molar-refractivity contribution in [1.29, 1.82) is 0 Å². The van der Waals surface area contributed by atoms with Crippen molar-refractivity contribution in [2.24, 2.45) is 0 Å². The van der Waals surface area contributed by atoms with E-state index in [0.717, 1.165) is 31.6 Å². The molecule has 0 radical (unpaired) electrons. The van der Waals surface area contributed by atoms with Gasteiger partial charge in [0.05, 0.1) is 0 Å². The van der Waals surface area contributed by atoms with Gasteiger partial charge in [0.2, 0.25) is 0 Å². The van der Waals surface area contributed by atoms with Crippen LogP contribution in [-0.2, 0) is 4.74 Å². The van der Waals surface area contributed by atoms with Gasteiger partial charge in [-0.05, 0) is 30.4 Å². The number of aromatic nitrogens is 1. The van der Waals surface area contributed by atoms with Gasteiger partial charge in [0.1, 0.15) is 5.69 Å². The van der Waals surface area contributed by atoms with Crippen LogP contribution in [0.3, 0.4) is 0 Å². The number of carbonyl (C=O) groups is 1. The Balaban J connectivity index is 2.11. The van der Waals surface area contributed by atoms with Crippen LogP contribution in [0.5, 0.6) is 0 Å². The largest absolute Gasteiger partial charge is 0.477 e. The zero-order chi connectivity index (χ0) is 10.7. The number of carboxylic acids is 1. The van der Waals surface area contributed by atoms with Crippen molar-refractivity contribution in [2.75, 3.05) is 13.2 Å². The molecule has 1 aliphatic rings. The zero-order valence-electron chi connectivity index (χ0n) is 8.35. The van der Waals surface area contributed by atoms with Crippen molar-refractivity contribution in [3.05, 3.63) is 29.6 Å². The maximum Gasteiger partial charge on any atom is 0.354 e. The van der Waals surface area contributed by atoms with Crippen molar-refractivity contribution in [3.63, 3.8) is 0 Å². The smallest absolute Gasteiger partial charge is 0.354 e. The monoisotopic (exact) mass is 207 g/mol. The third-order valence-electron chi connectivity index (χ3n) is 2.70. The van der Waals surface area contributed by atoms with Gasteiger partial charge in [0, 0.05) is 19.4 Å². The van der Waals surface area contributed by atoms with Crippen LogP contribution in [0.1, 0.15) is 34.8 Å². The summed E-state index contributed by atoms with van der Waals surface area (Å²) in [7, 11) is 0. The summed E-state index contributed by atoms with van der Waals surface area (Å²) in [6, 6.07) is 3.42. The molecule has 15 heavy (non-hydrogen) atoms. The first-order valence-electron chi connectivity index (χ1n) is 5.04. The van der Waals surface area contributed by atoms with E-state index in [4.69, 9.17) is 9.84 Å². The van der Waals surface area contributed by atoms with E-state index in [9.17, 15) is 4.79 Å². The topological polar surface area (TPSA) is 59.4 Å². The normalized spacial score (nSPS) is 17.6. The van der Waals surface area contributed by atoms with Crippen molar-refractivity contribution in [2.45, 2.75) is 18.8 Å². The molecule has 0 bridgehead atoms. The van der Waals surface area contributed by atoms with Gasteiger partial charge >= 0.3 is 5.97 Å². The quantitative estimate of drug-likeness (QED) is 0.801. The second-order valence-electron chi connectivity index (χ2n) is 3.67. The Morgan fingerprint density at radius 3 is 2.67 bits per heavy atom. The summed E-state index contributed by atoms with van der Waals surface area (Å²) in [4.78, 5) is 14.5. The van der Waals surface area contributed by atoms with Gasteiger partial charge in [-0.2, -0.15) is 0 Å². The number of ether oxygens (including phenoxy) is 1. The second-order valence-corrected chi connectivity index (χ2v) is 3.67. The van der Waals surface area contributed by atoms with Crippen LogP contribution < -0.4 is 0 Å². The minimum absolute atomic E-state index is 0.103. The molecule has 2 rings (SSSR count). The molecule has 1 saturated heterocycles. The summed E-state index contributed by atoms with van der Waals surface area (Å²) in [5.41, 5.74) is 1.22. The SMILES string of the molecule is O=C(O)c1ccc(C2CCOCC2)cn1. The lowest BCUT2D eigenvalue weighted by Gasteiger charge is -2.21. The fourth-order valence-electron chi connectivity index (χ4n) is 1.80. The Morgan fingerprint density at radius 1 is 1.40 bits per heavy atom. The summed E-state index contributed by atoms with van der Waals surface area (Å²) in [6.07, 6.45) is 3.65. The predicted molar refractivity (Wildman–Crippen MR) is 54.0 cm³/mol. The first kappa shape index (κ1) is 10.1. The first-order chi connectivity index (χ1) is 7.27. The number of pyridine rings is 1. The van der Waals surface area contributed by atoms with Gasteiger partial charge in [-0.15, -0.1) is 0 Å². The maximum absolute atomic E-state index is 10.6. The zero-order valence-corrected chi connectivity index (χ0v) is 8.35. The van der Waals surface area contributed by atoms with E-state index in [1.807, 2.05) is 6.07 Å². The maximum atomic E-state index is 10.6. The Labute approximate surface area is 87.9 Å². The van der Waals surface area contributed by atoms with E-state index in [2.05, 4.69) is 4.98 Å². The van der Waals surface area contributed by atoms with E-state index in [1.54, 1.807) is 12.3 Å². The fourth-order valence-corrected chi connectivity index (χ4v) is 1.80.